The van der Waals surface area contributed by atoms with Crippen LogP contribution in [0.4, 0.5) is 0 Å². The van der Waals surface area contributed by atoms with Crippen molar-refractivity contribution in [1.29, 1.82) is 0 Å². The number of amides is 1. The largest absolute Gasteiger partial charge is 0.370 e. The number of benzene rings is 1. The molecule has 0 aromatic heterocycles. The molecule has 1 aromatic rings. The van der Waals surface area contributed by atoms with Crippen molar-refractivity contribution < 1.29 is 4.79 Å². The first-order chi connectivity index (χ1) is 10.3. The number of carbonyl (C=O) groups excluding carboxylic acids is 1. The topological polar surface area (TPSA) is 53.5 Å². The summed E-state index contributed by atoms with van der Waals surface area (Å²) in [4.78, 5) is 16.3. The Kier molecular flexibility index (Phi) is 4.15. The lowest BCUT2D eigenvalue weighted by molar-refractivity contribution is -0.120. The second-order valence-electron chi connectivity index (χ2n) is 5.35. The predicted molar refractivity (Wildman–Crippen MR) is 83.7 cm³/mol. The Hall–Kier alpha value is -2.36. The number of rotatable bonds is 5. The van der Waals surface area contributed by atoms with Crippen LogP contribution in [-0.2, 0) is 11.2 Å². The molecule has 0 saturated heterocycles. The first-order valence-electron chi connectivity index (χ1n) is 7.32. The van der Waals surface area contributed by atoms with Gasteiger partial charge in [0.25, 0.3) is 5.91 Å². The van der Waals surface area contributed by atoms with E-state index in [2.05, 4.69) is 27.8 Å². The van der Waals surface area contributed by atoms with E-state index in [1.54, 1.807) is 0 Å². The molecule has 0 aliphatic carbocycles. The van der Waals surface area contributed by atoms with E-state index in [0.717, 1.165) is 25.0 Å². The zero-order chi connectivity index (χ0) is 14.5. The quantitative estimate of drug-likeness (QED) is 0.869. The number of hydrogen-bond donors (Lipinski definition) is 2. The minimum atomic E-state index is -0.129. The van der Waals surface area contributed by atoms with E-state index in [1.807, 2.05) is 42.8 Å². The van der Waals surface area contributed by atoms with Crippen molar-refractivity contribution in [2.75, 3.05) is 0 Å². The van der Waals surface area contributed by atoms with E-state index in [0.29, 0.717) is 0 Å². The van der Waals surface area contributed by atoms with Gasteiger partial charge >= 0.3 is 0 Å². The van der Waals surface area contributed by atoms with Gasteiger partial charge in [-0.1, -0.05) is 36.4 Å². The molecule has 4 nitrogen and oxygen atoms in total. The molecular weight excluding hydrogens is 262 g/mol. The van der Waals surface area contributed by atoms with Crippen LogP contribution in [0.5, 0.6) is 0 Å². The average Bonchev–Trinajstić information content (AvgIpc) is 3.02. The van der Waals surface area contributed by atoms with Crippen LogP contribution in [0.2, 0.25) is 0 Å². The highest BCUT2D eigenvalue weighted by atomic mass is 16.1. The summed E-state index contributed by atoms with van der Waals surface area (Å²) < 4.78 is 0. The highest BCUT2D eigenvalue weighted by Crippen LogP contribution is 2.17. The maximum absolute atomic E-state index is 12.1. The minimum absolute atomic E-state index is 0.0314. The second-order valence-corrected chi connectivity index (χ2v) is 5.35. The first-order valence-corrected chi connectivity index (χ1v) is 7.32. The van der Waals surface area contributed by atoms with Gasteiger partial charge in [0.05, 0.1) is 12.1 Å². The van der Waals surface area contributed by atoms with Crippen LogP contribution in [0.3, 0.4) is 0 Å². The third kappa shape index (κ3) is 3.60. The fourth-order valence-electron chi connectivity index (χ4n) is 2.57. The maximum atomic E-state index is 12.1. The van der Waals surface area contributed by atoms with Gasteiger partial charge in [-0.25, -0.2) is 4.99 Å². The van der Waals surface area contributed by atoms with Crippen LogP contribution in [-0.4, -0.2) is 17.8 Å². The van der Waals surface area contributed by atoms with Gasteiger partial charge in [-0.3, -0.25) is 4.79 Å². The van der Waals surface area contributed by atoms with Crippen molar-refractivity contribution in [2.24, 2.45) is 10.9 Å². The van der Waals surface area contributed by atoms with Crippen molar-refractivity contribution in [2.45, 2.75) is 25.4 Å². The molecule has 2 aliphatic rings. The van der Waals surface area contributed by atoms with Crippen LogP contribution in [0.15, 0.2) is 59.9 Å². The van der Waals surface area contributed by atoms with Crippen LogP contribution in [0.25, 0.3) is 0 Å². The molecule has 0 spiro atoms. The Morgan fingerprint density at radius 2 is 1.81 bits per heavy atom. The Morgan fingerprint density at radius 1 is 1.05 bits per heavy atom. The molecule has 0 bridgehead atoms. The third-order valence-corrected chi connectivity index (χ3v) is 3.77. The Morgan fingerprint density at radius 3 is 2.52 bits per heavy atom. The molecule has 2 N–H and O–H groups in total. The summed E-state index contributed by atoms with van der Waals surface area (Å²) in [5.74, 6) is -0.161. The molecule has 1 unspecified atom stereocenters. The zero-order valence-corrected chi connectivity index (χ0v) is 11.8. The average molecular weight is 281 g/mol. The number of hydrogen-bond acceptors (Lipinski definition) is 3. The minimum Gasteiger partial charge on any atom is -0.370 e. The molecule has 0 saturated carbocycles. The number of aryl methyl sites for hydroxylation is 1. The molecule has 0 fully saturated rings. The lowest BCUT2D eigenvalue weighted by Gasteiger charge is -2.19. The smallest absolute Gasteiger partial charge is 0.252 e. The number of allylic oxidation sites excluding steroid dienone is 1. The molecule has 4 heteroatoms. The maximum Gasteiger partial charge on any atom is 0.252 e. The van der Waals surface area contributed by atoms with E-state index in [4.69, 9.17) is 0 Å². The van der Waals surface area contributed by atoms with Crippen molar-refractivity contribution >= 4 is 11.6 Å². The molecular formula is C17H19N3O. The zero-order valence-electron chi connectivity index (χ0n) is 11.8. The van der Waals surface area contributed by atoms with Gasteiger partial charge in [0.15, 0.2) is 0 Å². The van der Waals surface area contributed by atoms with E-state index in [9.17, 15) is 4.79 Å². The molecule has 108 valence electrons. The van der Waals surface area contributed by atoms with Crippen LogP contribution >= 0.6 is 0 Å². The van der Waals surface area contributed by atoms with E-state index in [-0.39, 0.29) is 18.0 Å². The molecule has 2 aliphatic heterocycles. The van der Waals surface area contributed by atoms with Gasteiger partial charge in [-0.15, -0.1) is 0 Å². The van der Waals surface area contributed by atoms with E-state index in [1.165, 1.54) is 5.56 Å². The Labute approximate surface area is 124 Å². The van der Waals surface area contributed by atoms with Crippen molar-refractivity contribution in [3.8, 4) is 0 Å². The Balaban J connectivity index is 1.52. The number of nitrogens with one attached hydrogen (secondary N) is 2. The van der Waals surface area contributed by atoms with Crippen molar-refractivity contribution in [1.82, 2.24) is 10.6 Å². The molecule has 2 heterocycles. The van der Waals surface area contributed by atoms with Gasteiger partial charge in [0.1, 0.15) is 0 Å². The molecule has 21 heavy (non-hydrogen) atoms. The van der Waals surface area contributed by atoms with Crippen LogP contribution in [0.1, 0.15) is 18.4 Å². The third-order valence-electron chi connectivity index (χ3n) is 3.77. The van der Waals surface area contributed by atoms with Crippen LogP contribution < -0.4 is 10.6 Å². The predicted octanol–water partition coefficient (Wildman–Crippen LogP) is 2.15. The summed E-state index contributed by atoms with van der Waals surface area (Å²) >= 11 is 0. The molecule has 3 rings (SSSR count). The first kappa shape index (κ1) is 13.6. The lowest BCUT2D eigenvalue weighted by atomic mass is 9.97. The van der Waals surface area contributed by atoms with Crippen LogP contribution in [0, 0.1) is 5.92 Å². The highest BCUT2D eigenvalue weighted by molar-refractivity contribution is 6.06. The van der Waals surface area contributed by atoms with Gasteiger partial charge in [-0.2, -0.15) is 0 Å². The summed E-state index contributed by atoms with van der Waals surface area (Å²) in [5.41, 5.74) is 2.15. The molecule has 1 amide bonds. The monoisotopic (exact) mass is 281 g/mol. The normalized spacial score (nSPS) is 21.0. The standard InChI is InChI=1S/C17H19N3O/c21-17-14(12-16-18-10-11-19-16)7-9-15(20-17)8-6-13-4-2-1-3-5-13/h1-5,7,9-11,14,16,18-19H,6,8,12H2. The molecule has 1 aromatic carbocycles. The number of nitrogens with zero attached hydrogens (tertiary/aromatic N) is 1. The van der Waals surface area contributed by atoms with Gasteiger partial charge in [0.2, 0.25) is 0 Å². The highest BCUT2D eigenvalue weighted by Gasteiger charge is 2.23. The summed E-state index contributed by atoms with van der Waals surface area (Å²) in [6.07, 6.45) is 10.3. The fourth-order valence-corrected chi connectivity index (χ4v) is 2.57. The number of aliphatic imine (C=N–C) groups is 1. The number of dihydropyridines is 1. The fraction of sp³-hybridized carbons (Fsp3) is 0.294. The SMILES string of the molecule is O=C1N=C(CCc2ccccc2)C=CC1CC1NC=CN1. The lowest BCUT2D eigenvalue weighted by Crippen LogP contribution is -2.35. The second kappa shape index (κ2) is 6.39. The van der Waals surface area contributed by atoms with Gasteiger partial charge in [-0.05, 0) is 24.5 Å². The van der Waals surface area contributed by atoms with E-state index < -0.39 is 0 Å². The Bertz CT molecular complexity index is 581. The summed E-state index contributed by atoms with van der Waals surface area (Å²) in [7, 11) is 0. The molecule has 1 atom stereocenters. The molecule has 0 radical (unpaired) electrons. The summed E-state index contributed by atoms with van der Waals surface area (Å²) in [6, 6.07) is 10.3. The van der Waals surface area contributed by atoms with Crippen molar-refractivity contribution in [3.63, 3.8) is 0 Å². The van der Waals surface area contributed by atoms with Crippen molar-refractivity contribution in [3.05, 3.63) is 60.4 Å². The summed E-state index contributed by atoms with van der Waals surface area (Å²) in [5, 5.41) is 6.31. The van der Waals surface area contributed by atoms with Gasteiger partial charge in [0, 0.05) is 24.5 Å². The summed E-state index contributed by atoms with van der Waals surface area (Å²) in [6.45, 7) is 0. The van der Waals surface area contributed by atoms with E-state index >= 15 is 0 Å². The number of carbonyl (C=O) groups is 1. The van der Waals surface area contributed by atoms with Gasteiger partial charge < -0.3 is 10.6 Å².